The highest BCUT2D eigenvalue weighted by Crippen LogP contribution is 2.21. The fourth-order valence-electron chi connectivity index (χ4n) is 2.47. The first-order chi connectivity index (χ1) is 12.7. The fraction of sp³-hybridized carbons (Fsp3) is 0.0909. The van der Waals surface area contributed by atoms with Crippen LogP contribution < -0.4 is 10.1 Å². The van der Waals surface area contributed by atoms with Crippen LogP contribution in [0.15, 0.2) is 84.9 Å². The van der Waals surface area contributed by atoms with E-state index in [9.17, 15) is 9.59 Å². The Morgan fingerprint density at radius 3 is 1.96 bits per heavy atom. The summed E-state index contributed by atoms with van der Waals surface area (Å²) in [6, 6.07) is 25.8. The zero-order valence-corrected chi connectivity index (χ0v) is 14.2. The van der Waals surface area contributed by atoms with E-state index in [4.69, 9.17) is 4.74 Å². The quantitative estimate of drug-likeness (QED) is 0.520. The lowest BCUT2D eigenvalue weighted by molar-refractivity contribution is -0.116. The molecule has 3 aromatic carbocycles. The van der Waals surface area contributed by atoms with Gasteiger partial charge in [-0.2, -0.15) is 0 Å². The van der Waals surface area contributed by atoms with Crippen LogP contribution in [0.1, 0.15) is 15.9 Å². The molecule has 0 bridgehead atoms. The van der Waals surface area contributed by atoms with E-state index < -0.39 is 11.7 Å². The number of amides is 1. The number of carbonyl (C=O) groups excluding carboxylic acids is 2. The average molecular weight is 345 g/mol. The van der Waals surface area contributed by atoms with Crippen molar-refractivity contribution in [2.45, 2.75) is 6.42 Å². The van der Waals surface area contributed by atoms with Crippen LogP contribution in [-0.4, -0.2) is 18.2 Å². The minimum Gasteiger partial charge on any atom is -0.457 e. The Balaban J connectivity index is 1.47. The Labute approximate surface area is 152 Å². The van der Waals surface area contributed by atoms with Crippen molar-refractivity contribution >= 4 is 11.7 Å². The number of hydrogen-bond acceptors (Lipinski definition) is 3. The molecule has 26 heavy (non-hydrogen) atoms. The molecule has 0 aromatic heterocycles. The summed E-state index contributed by atoms with van der Waals surface area (Å²) in [6.07, 6.45) is 0.638. The van der Waals surface area contributed by atoms with Crippen molar-refractivity contribution in [1.82, 2.24) is 5.32 Å². The molecule has 0 aliphatic rings. The average Bonchev–Trinajstić information content (AvgIpc) is 2.70. The van der Waals surface area contributed by atoms with E-state index >= 15 is 0 Å². The zero-order chi connectivity index (χ0) is 18.2. The number of benzene rings is 3. The molecule has 0 heterocycles. The van der Waals surface area contributed by atoms with Gasteiger partial charge in [-0.3, -0.25) is 9.59 Å². The van der Waals surface area contributed by atoms with Crippen molar-refractivity contribution in [2.24, 2.45) is 0 Å². The molecule has 3 rings (SSSR count). The summed E-state index contributed by atoms with van der Waals surface area (Å²) >= 11 is 0. The topological polar surface area (TPSA) is 55.4 Å². The minimum absolute atomic E-state index is 0.396. The van der Waals surface area contributed by atoms with Gasteiger partial charge in [-0.1, -0.05) is 60.7 Å². The van der Waals surface area contributed by atoms with Gasteiger partial charge in [0.15, 0.2) is 0 Å². The maximum Gasteiger partial charge on any atom is 0.292 e. The van der Waals surface area contributed by atoms with Gasteiger partial charge in [-0.15, -0.1) is 0 Å². The van der Waals surface area contributed by atoms with Crippen molar-refractivity contribution in [1.29, 1.82) is 0 Å². The lowest BCUT2D eigenvalue weighted by Crippen LogP contribution is -2.32. The largest absolute Gasteiger partial charge is 0.457 e. The third-order valence-corrected chi connectivity index (χ3v) is 3.84. The van der Waals surface area contributed by atoms with Crippen molar-refractivity contribution in [3.8, 4) is 11.5 Å². The van der Waals surface area contributed by atoms with Gasteiger partial charge in [0.05, 0.1) is 0 Å². The summed E-state index contributed by atoms with van der Waals surface area (Å²) in [4.78, 5) is 23.9. The van der Waals surface area contributed by atoms with Crippen molar-refractivity contribution < 1.29 is 14.3 Å². The van der Waals surface area contributed by atoms with Gasteiger partial charge < -0.3 is 10.1 Å². The van der Waals surface area contributed by atoms with E-state index in [0.29, 0.717) is 18.5 Å². The third kappa shape index (κ3) is 4.80. The molecule has 0 atom stereocenters. The molecule has 0 fully saturated rings. The predicted octanol–water partition coefficient (Wildman–Crippen LogP) is 4.02. The van der Waals surface area contributed by atoms with Gasteiger partial charge in [-0.05, 0) is 36.2 Å². The van der Waals surface area contributed by atoms with Crippen LogP contribution in [0.5, 0.6) is 11.5 Å². The number of nitrogens with one attached hydrogen (secondary N) is 1. The number of ketones is 1. The van der Waals surface area contributed by atoms with Gasteiger partial charge in [0, 0.05) is 12.1 Å². The molecular weight excluding hydrogens is 326 g/mol. The molecule has 0 aliphatic carbocycles. The molecule has 4 nitrogen and oxygen atoms in total. The predicted molar refractivity (Wildman–Crippen MR) is 100 cm³/mol. The molecule has 0 spiro atoms. The Bertz CT molecular complexity index is 859. The summed E-state index contributed by atoms with van der Waals surface area (Å²) < 4.78 is 5.74. The van der Waals surface area contributed by atoms with Crippen LogP contribution in [0.2, 0.25) is 0 Å². The van der Waals surface area contributed by atoms with Crippen LogP contribution in [-0.2, 0) is 11.2 Å². The Hall–Kier alpha value is -3.40. The summed E-state index contributed by atoms with van der Waals surface area (Å²) in [5.74, 6) is 0.438. The van der Waals surface area contributed by atoms with E-state index in [1.165, 1.54) is 0 Å². The molecule has 4 heteroatoms. The van der Waals surface area contributed by atoms with Gasteiger partial charge >= 0.3 is 0 Å². The highest BCUT2D eigenvalue weighted by Gasteiger charge is 2.14. The maximum atomic E-state index is 12.0. The molecule has 0 unspecified atom stereocenters. The molecular formula is C22H19NO3. The molecule has 0 saturated carbocycles. The van der Waals surface area contributed by atoms with Crippen molar-refractivity contribution in [3.05, 3.63) is 96.1 Å². The molecule has 1 amide bonds. The molecule has 3 aromatic rings. The standard InChI is InChI=1S/C22H19NO3/c24-21(18-7-3-1-4-8-18)22(25)23-16-15-17-11-13-20(14-12-17)26-19-9-5-2-6-10-19/h1-14H,15-16H2,(H,23,25). The van der Waals surface area contributed by atoms with E-state index in [2.05, 4.69) is 5.32 Å². The Morgan fingerprint density at radius 2 is 1.31 bits per heavy atom. The second-order valence-electron chi connectivity index (χ2n) is 5.76. The molecule has 1 N–H and O–H groups in total. The molecule has 0 saturated heterocycles. The van der Waals surface area contributed by atoms with Crippen molar-refractivity contribution in [2.75, 3.05) is 6.54 Å². The van der Waals surface area contributed by atoms with Crippen molar-refractivity contribution in [3.63, 3.8) is 0 Å². The highest BCUT2D eigenvalue weighted by atomic mass is 16.5. The van der Waals surface area contributed by atoms with Crippen LogP contribution in [0.4, 0.5) is 0 Å². The fourth-order valence-corrected chi connectivity index (χ4v) is 2.47. The summed E-state index contributed by atoms with van der Waals surface area (Å²) in [5, 5.41) is 2.66. The number of rotatable bonds is 7. The second-order valence-corrected chi connectivity index (χ2v) is 5.76. The minimum atomic E-state index is -0.583. The van der Waals surface area contributed by atoms with E-state index in [1.54, 1.807) is 30.3 Å². The first kappa shape index (κ1) is 17.4. The monoisotopic (exact) mass is 345 g/mol. The van der Waals surface area contributed by atoms with Crippen LogP contribution in [0.3, 0.4) is 0 Å². The number of para-hydroxylation sites is 1. The number of ether oxygens (including phenoxy) is 1. The lowest BCUT2D eigenvalue weighted by Gasteiger charge is -2.07. The van der Waals surface area contributed by atoms with E-state index in [-0.39, 0.29) is 0 Å². The first-order valence-electron chi connectivity index (χ1n) is 8.42. The van der Waals surface area contributed by atoms with E-state index in [1.807, 2.05) is 54.6 Å². The van der Waals surface area contributed by atoms with E-state index in [0.717, 1.165) is 17.1 Å². The number of Topliss-reactive ketones (excluding diaryl/α,β-unsaturated/α-hetero) is 1. The highest BCUT2D eigenvalue weighted by molar-refractivity contribution is 6.42. The zero-order valence-electron chi connectivity index (χ0n) is 14.2. The summed E-state index contributed by atoms with van der Waals surface area (Å²) in [6.45, 7) is 0.399. The normalized spacial score (nSPS) is 10.2. The van der Waals surface area contributed by atoms with Crippen LogP contribution in [0, 0.1) is 0 Å². The van der Waals surface area contributed by atoms with Crippen LogP contribution in [0.25, 0.3) is 0 Å². The Morgan fingerprint density at radius 1 is 0.731 bits per heavy atom. The molecule has 0 radical (unpaired) electrons. The third-order valence-electron chi connectivity index (χ3n) is 3.84. The molecule has 130 valence electrons. The number of carbonyl (C=O) groups is 2. The van der Waals surface area contributed by atoms with Crippen LogP contribution >= 0.6 is 0 Å². The second kappa shape index (κ2) is 8.62. The summed E-state index contributed by atoms with van der Waals surface area (Å²) in [5.41, 5.74) is 1.45. The van der Waals surface area contributed by atoms with Gasteiger partial charge in [-0.25, -0.2) is 0 Å². The SMILES string of the molecule is O=C(NCCc1ccc(Oc2ccccc2)cc1)C(=O)c1ccccc1. The smallest absolute Gasteiger partial charge is 0.292 e. The maximum absolute atomic E-state index is 12.0. The Kier molecular flexibility index (Phi) is 5.78. The number of hydrogen-bond donors (Lipinski definition) is 1. The lowest BCUT2D eigenvalue weighted by atomic mass is 10.1. The first-order valence-corrected chi connectivity index (χ1v) is 8.42. The summed E-state index contributed by atoms with van der Waals surface area (Å²) in [7, 11) is 0. The van der Waals surface area contributed by atoms with Gasteiger partial charge in [0.1, 0.15) is 11.5 Å². The van der Waals surface area contributed by atoms with Gasteiger partial charge in [0.25, 0.3) is 5.91 Å². The molecule has 0 aliphatic heterocycles. The van der Waals surface area contributed by atoms with Gasteiger partial charge in [0.2, 0.25) is 5.78 Å².